The summed E-state index contributed by atoms with van der Waals surface area (Å²) in [5, 5.41) is 0. The van der Waals surface area contributed by atoms with Crippen LogP contribution in [-0.4, -0.2) is 4.98 Å². The van der Waals surface area contributed by atoms with Crippen LogP contribution < -0.4 is 0 Å². The molecule has 2 aliphatic rings. The molecule has 1 atom stereocenters. The van der Waals surface area contributed by atoms with Crippen LogP contribution in [0, 0.1) is 0 Å². The SMILES string of the molecule is C1=CCC2C(=C1)C=Cc1cccnc12. The quantitative estimate of drug-likeness (QED) is 0.599. The first-order valence-corrected chi connectivity index (χ1v) is 4.95. The van der Waals surface area contributed by atoms with Gasteiger partial charge >= 0.3 is 0 Å². The third-order valence-electron chi connectivity index (χ3n) is 2.86. The molecule has 0 saturated heterocycles. The second-order valence-electron chi connectivity index (χ2n) is 3.69. The molecule has 0 amide bonds. The van der Waals surface area contributed by atoms with Crippen LogP contribution in [0.3, 0.4) is 0 Å². The van der Waals surface area contributed by atoms with Crippen molar-refractivity contribution in [3.63, 3.8) is 0 Å². The van der Waals surface area contributed by atoms with E-state index < -0.39 is 0 Å². The first-order chi connectivity index (χ1) is 6.95. The first kappa shape index (κ1) is 7.74. The number of hydrogen-bond donors (Lipinski definition) is 0. The number of hydrogen-bond acceptors (Lipinski definition) is 1. The summed E-state index contributed by atoms with van der Waals surface area (Å²) >= 11 is 0. The number of allylic oxidation sites excluding steroid dienone is 5. The standard InChI is InChI=1S/C13H11N/c1-2-6-12-10(4-1)7-8-11-5-3-9-14-13(11)12/h1-5,7-9,12H,6H2. The van der Waals surface area contributed by atoms with Gasteiger partial charge in [-0.25, -0.2) is 0 Å². The van der Waals surface area contributed by atoms with E-state index in [1.54, 1.807) is 0 Å². The third-order valence-corrected chi connectivity index (χ3v) is 2.86. The molecule has 0 aromatic carbocycles. The second-order valence-corrected chi connectivity index (χ2v) is 3.69. The predicted molar refractivity (Wildman–Crippen MR) is 57.9 cm³/mol. The maximum atomic E-state index is 4.48. The molecule has 0 aliphatic heterocycles. The predicted octanol–water partition coefficient (Wildman–Crippen LogP) is 3.08. The van der Waals surface area contributed by atoms with E-state index in [2.05, 4.69) is 41.4 Å². The van der Waals surface area contributed by atoms with Gasteiger partial charge in [0.2, 0.25) is 0 Å². The van der Waals surface area contributed by atoms with Gasteiger partial charge in [-0.3, -0.25) is 4.98 Å². The van der Waals surface area contributed by atoms with E-state index in [4.69, 9.17) is 0 Å². The summed E-state index contributed by atoms with van der Waals surface area (Å²) in [6, 6.07) is 4.13. The molecule has 1 aromatic rings. The van der Waals surface area contributed by atoms with Crippen LogP contribution in [0.25, 0.3) is 6.08 Å². The Bertz CT molecular complexity index is 452. The van der Waals surface area contributed by atoms with Crippen LogP contribution in [0.2, 0.25) is 0 Å². The molecule has 1 nitrogen and oxygen atoms in total. The molecule has 14 heavy (non-hydrogen) atoms. The molecule has 2 aliphatic carbocycles. The lowest BCUT2D eigenvalue weighted by molar-refractivity contribution is 0.776. The van der Waals surface area contributed by atoms with Crippen LogP contribution in [0.15, 0.2) is 48.2 Å². The van der Waals surface area contributed by atoms with E-state index in [0.717, 1.165) is 6.42 Å². The third kappa shape index (κ3) is 1.06. The van der Waals surface area contributed by atoms with Gasteiger partial charge in [-0.1, -0.05) is 36.4 Å². The second kappa shape index (κ2) is 2.95. The average molecular weight is 181 g/mol. The fourth-order valence-electron chi connectivity index (χ4n) is 2.14. The average Bonchev–Trinajstić information content (AvgIpc) is 2.29. The van der Waals surface area contributed by atoms with Crippen molar-refractivity contribution in [1.82, 2.24) is 4.98 Å². The van der Waals surface area contributed by atoms with Crippen molar-refractivity contribution >= 4 is 6.08 Å². The van der Waals surface area contributed by atoms with Gasteiger partial charge in [0, 0.05) is 12.1 Å². The maximum Gasteiger partial charge on any atom is 0.0553 e. The van der Waals surface area contributed by atoms with Crippen LogP contribution in [0.1, 0.15) is 23.6 Å². The van der Waals surface area contributed by atoms with Gasteiger partial charge in [0.15, 0.2) is 0 Å². The summed E-state index contributed by atoms with van der Waals surface area (Å²) in [7, 11) is 0. The highest BCUT2D eigenvalue weighted by atomic mass is 14.7. The van der Waals surface area contributed by atoms with Gasteiger partial charge in [-0.2, -0.15) is 0 Å². The zero-order valence-electron chi connectivity index (χ0n) is 7.85. The van der Waals surface area contributed by atoms with Crippen molar-refractivity contribution in [3.05, 3.63) is 59.5 Å². The van der Waals surface area contributed by atoms with Crippen LogP contribution >= 0.6 is 0 Å². The topological polar surface area (TPSA) is 12.9 Å². The Morgan fingerprint density at radius 3 is 3.29 bits per heavy atom. The largest absolute Gasteiger partial charge is 0.260 e. The lowest BCUT2D eigenvalue weighted by Crippen LogP contribution is -2.09. The normalized spacial score (nSPS) is 22.6. The Labute approximate surface area is 83.5 Å². The Hall–Kier alpha value is -1.63. The van der Waals surface area contributed by atoms with Crippen molar-refractivity contribution in [3.8, 4) is 0 Å². The van der Waals surface area contributed by atoms with E-state index in [9.17, 15) is 0 Å². The van der Waals surface area contributed by atoms with Crippen molar-refractivity contribution in [2.24, 2.45) is 0 Å². The van der Waals surface area contributed by atoms with Gasteiger partial charge in [0.25, 0.3) is 0 Å². The summed E-state index contributed by atoms with van der Waals surface area (Å²) in [6.45, 7) is 0. The highest BCUT2D eigenvalue weighted by molar-refractivity contribution is 5.63. The zero-order chi connectivity index (χ0) is 9.38. The molecule has 1 unspecified atom stereocenters. The Kier molecular flexibility index (Phi) is 1.63. The molecule has 0 fully saturated rings. The maximum absolute atomic E-state index is 4.48. The minimum Gasteiger partial charge on any atom is -0.260 e. The van der Waals surface area contributed by atoms with E-state index in [1.165, 1.54) is 16.8 Å². The molecule has 0 N–H and O–H groups in total. The molecule has 0 radical (unpaired) electrons. The number of pyridine rings is 1. The van der Waals surface area contributed by atoms with E-state index >= 15 is 0 Å². The number of nitrogens with zero attached hydrogens (tertiary/aromatic N) is 1. The molecule has 0 saturated carbocycles. The molecular formula is C13H11N. The van der Waals surface area contributed by atoms with Crippen molar-refractivity contribution in [1.29, 1.82) is 0 Å². The molecule has 68 valence electrons. The molecular weight excluding hydrogens is 170 g/mol. The van der Waals surface area contributed by atoms with Gasteiger partial charge < -0.3 is 0 Å². The van der Waals surface area contributed by atoms with E-state index in [0.29, 0.717) is 5.92 Å². The molecule has 0 spiro atoms. The lowest BCUT2D eigenvalue weighted by atomic mass is 9.82. The molecule has 0 bridgehead atoms. The smallest absolute Gasteiger partial charge is 0.0553 e. The summed E-state index contributed by atoms with van der Waals surface area (Å²) in [4.78, 5) is 4.48. The van der Waals surface area contributed by atoms with Gasteiger partial charge in [-0.05, 0) is 23.6 Å². The number of rotatable bonds is 0. The Balaban J connectivity index is 2.18. The minimum absolute atomic E-state index is 0.487. The number of aromatic nitrogens is 1. The first-order valence-electron chi connectivity index (χ1n) is 4.95. The van der Waals surface area contributed by atoms with Crippen LogP contribution in [0.5, 0.6) is 0 Å². The van der Waals surface area contributed by atoms with Crippen LogP contribution in [0.4, 0.5) is 0 Å². The van der Waals surface area contributed by atoms with E-state index in [1.807, 2.05) is 12.3 Å². The molecule has 1 heterocycles. The fourth-order valence-corrected chi connectivity index (χ4v) is 2.14. The zero-order valence-corrected chi connectivity index (χ0v) is 7.85. The highest BCUT2D eigenvalue weighted by Crippen LogP contribution is 2.36. The minimum atomic E-state index is 0.487. The lowest BCUT2D eigenvalue weighted by Gasteiger charge is -2.23. The molecule has 1 aromatic heterocycles. The monoisotopic (exact) mass is 181 g/mol. The number of fused-ring (bicyclic) bond motifs is 3. The fraction of sp³-hybridized carbons (Fsp3) is 0.154. The summed E-state index contributed by atoms with van der Waals surface area (Å²) in [5.41, 5.74) is 3.88. The van der Waals surface area contributed by atoms with Crippen molar-refractivity contribution in [2.75, 3.05) is 0 Å². The molecule has 3 rings (SSSR count). The van der Waals surface area contributed by atoms with E-state index in [-0.39, 0.29) is 0 Å². The van der Waals surface area contributed by atoms with Gasteiger partial charge in [-0.15, -0.1) is 0 Å². The summed E-state index contributed by atoms with van der Waals surface area (Å²) < 4.78 is 0. The Morgan fingerprint density at radius 1 is 1.29 bits per heavy atom. The van der Waals surface area contributed by atoms with Crippen molar-refractivity contribution in [2.45, 2.75) is 12.3 Å². The highest BCUT2D eigenvalue weighted by Gasteiger charge is 2.21. The van der Waals surface area contributed by atoms with Gasteiger partial charge in [0.05, 0.1) is 5.69 Å². The molecule has 1 heteroatoms. The van der Waals surface area contributed by atoms with Crippen LogP contribution in [-0.2, 0) is 0 Å². The Morgan fingerprint density at radius 2 is 2.29 bits per heavy atom. The van der Waals surface area contributed by atoms with Crippen molar-refractivity contribution < 1.29 is 0 Å². The summed E-state index contributed by atoms with van der Waals surface area (Å²) in [6.07, 6.45) is 13.9. The summed E-state index contributed by atoms with van der Waals surface area (Å²) in [5.74, 6) is 0.487. The van der Waals surface area contributed by atoms with Gasteiger partial charge in [0.1, 0.15) is 0 Å².